The third-order valence-electron chi connectivity index (χ3n) is 0.649. The topological polar surface area (TPSA) is 63.6 Å². The molecule has 0 saturated heterocycles. The second kappa shape index (κ2) is 7.55. The van der Waals surface area contributed by atoms with Crippen molar-refractivity contribution in [3.8, 4) is 0 Å². The van der Waals surface area contributed by atoms with Gasteiger partial charge in [-0.1, -0.05) is 0 Å². The van der Waals surface area contributed by atoms with Crippen molar-refractivity contribution in [2.24, 2.45) is 0 Å². The summed E-state index contributed by atoms with van der Waals surface area (Å²) in [5.74, 6) is -1.79. The van der Waals surface area contributed by atoms with E-state index in [1.54, 1.807) is 6.92 Å². The van der Waals surface area contributed by atoms with Crippen molar-refractivity contribution in [2.75, 3.05) is 6.61 Å². The van der Waals surface area contributed by atoms with Gasteiger partial charge in [-0.25, -0.2) is 9.59 Å². The number of hydrogen-bond acceptors (Lipinski definition) is 3. The van der Waals surface area contributed by atoms with Crippen LogP contribution < -0.4 is 0 Å². The SMILES string of the molecule is CCOC(=O)/C=C\C(=O)O.[H-].[H-].[Mg+2]. The minimum Gasteiger partial charge on any atom is -1.00 e. The Balaban J connectivity index is -0.000000135. The van der Waals surface area contributed by atoms with E-state index in [9.17, 15) is 9.59 Å². The molecule has 0 radical (unpaired) electrons. The number of carbonyl (C=O) groups excluding carboxylic acids is 1. The molecule has 0 spiro atoms. The first-order valence-corrected chi connectivity index (χ1v) is 2.74. The Morgan fingerprint density at radius 1 is 1.55 bits per heavy atom. The van der Waals surface area contributed by atoms with Gasteiger partial charge in [0.1, 0.15) is 0 Å². The molecule has 0 rings (SSSR count). The van der Waals surface area contributed by atoms with Gasteiger partial charge >= 0.3 is 35.0 Å². The molecule has 0 fully saturated rings. The van der Waals surface area contributed by atoms with Crippen molar-refractivity contribution in [3.05, 3.63) is 12.2 Å². The maximum absolute atomic E-state index is 10.4. The number of carbonyl (C=O) groups is 2. The largest absolute Gasteiger partial charge is 2.00 e. The van der Waals surface area contributed by atoms with Crippen LogP contribution in [0.15, 0.2) is 12.2 Å². The van der Waals surface area contributed by atoms with Gasteiger partial charge in [0, 0.05) is 12.2 Å². The van der Waals surface area contributed by atoms with E-state index in [1.807, 2.05) is 0 Å². The summed E-state index contributed by atoms with van der Waals surface area (Å²) in [5.41, 5.74) is 0. The van der Waals surface area contributed by atoms with Crippen LogP contribution in [0.5, 0.6) is 0 Å². The molecule has 0 saturated carbocycles. The summed E-state index contributed by atoms with van der Waals surface area (Å²) in [6.07, 6.45) is 1.60. The van der Waals surface area contributed by atoms with Gasteiger partial charge in [0.05, 0.1) is 6.61 Å². The van der Waals surface area contributed by atoms with Crippen molar-refractivity contribution in [2.45, 2.75) is 6.92 Å². The third-order valence-corrected chi connectivity index (χ3v) is 0.649. The molecule has 11 heavy (non-hydrogen) atoms. The molecule has 5 heteroatoms. The van der Waals surface area contributed by atoms with E-state index in [-0.39, 0.29) is 32.5 Å². The average molecular weight is 170 g/mol. The first-order chi connectivity index (χ1) is 4.66. The Morgan fingerprint density at radius 2 is 2.09 bits per heavy atom. The monoisotopic (exact) mass is 170 g/mol. The standard InChI is InChI=1S/C6H8O4.Mg.2H/c1-2-10-6(9)4-3-5(7)8;;;/h3-4H,2H2,1H3,(H,7,8);;;/q;+2;2*-1/b4-3-;;;. The Kier molecular flexibility index (Phi) is 8.97. The van der Waals surface area contributed by atoms with Crippen LogP contribution in [0.3, 0.4) is 0 Å². The second-order valence-electron chi connectivity index (χ2n) is 1.42. The van der Waals surface area contributed by atoms with E-state index in [4.69, 9.17) is 5.11 Å². The van der Waals surface area contributed by atoms with Gasteiger partial charge in [-0.15, -0.1) is 0 Å². The van der Waals surface area contributed by atoms with Crippen LogP contribution in [0, 0.1) is 0 Å². The predicted octanol–water partition coefficient (Wildman–Crippen LogP) is 0.0345. The minimum absolute atomic E-state index is 0. The summed E-state index contributed by atoms with van der Waals surface area (Å²) in [6.45, 7) is 1.90. The van der Waals surface area contributed by atoms with E-state index in [0.717, 1.165) is 12.2 Å². The zero-order chi connectivity index (χ0) is 7.98. The smallest absolute Gasteiger partial charge is 1.00 e. The van der Waals surface area contributed by atoms with Gasteiger partial charge in [0.2, 0.25) is 0 Å². The van der Waals surface area contributed by atoms with Gasteiger partial charge in [-0.2, -0.15) is 0 Å². The van der Waals surface area contributed by atoms with Gasteiger partial charge < -0.3 is 12.7 Å². The molecule has 0 aromatic heterocycles. The summed E-state index contributed by atoms with van der Waals surface area (Å²) in [5, 5.41) is 8.04. The Labute approximate surface area is 83.3 Å². The predicted molar refractivity (Wildman–Crippen MR) is 41.4 cm³/mol. The Morgan fingerprint density at radius 3 is 2.45 bits per heavy atom. The number of carboxylic acids is 1. The number of carboxylic acid groups (broad SMARTS) is 1. The minimum atomic E-state index is -1.16. The van der Waals surface area contributed by atoms with E-state index < -0.39 is 11.9 Å². The summed E-state index contributed by atoms with van der Waals surface area (Å²) >= 11 is 0. The van der Waals surface area contributed by atoms with Crippen molar-refractivity contribution in [3.63, 3.8) is 0 Å². The fourth-order valence-electron chi connectivity index (χ4n) is 0.330. The van der Waals surface area contributed by atoms with Crippen molar-refractivity contribution < 1.29 is 22.3 Å². The zero-order valence-electron chi connectivity index (χ0n) is 8.24. The van der Waals surface area contributed by atoms with Gasteiger partial charge in [-0.3, -0.25) is 0 Å². The molecule has 0 unspecified atom stereocenters. The molecule has 0 amide bonds. The van der Waals surface area contributed by atoms with E-state index in [0.29, 0.717) is 0 Å². The molecule has 0 bridgehead atoms. The molecule has 0 aliphatic heterocycles. The van der Waals surface area contributed by atoms with Crippen molar-refractivity contribution >= 4 is 35.0 Å². The summed E-state index contributed by atoms with van der Waals surface area (Å²) < 4.78 is 4.40. The third kappa shape index (κ3) is 9.45. The summed E-state index contributed by atoms with van der Waals surface area (Å²) in [6, 6.07) is 0. The number of esters is 1. The molecular weight excluding hydrogens is 160 g/mol. The zero-order valence-corrected chi connectivity index (χ0v) is 7.66. The molecule has 0 atom stereocenters. The fraction of sp³-hybridized carbons (Fsp3) is 0.333. The molecule has 60 valence electrons. The van der Waals surface area contributed by atoms with Gasteiger partial charge in [-0.05, 0) is 6.92 Å². The summed E-state index contributed by atoms with van der Waals surface area (Å²) in [7, 11) is 0. The number of hydrogen-bond donors (Lipinski definition) is 1. The van der Waals surface area contributed by atoms with Crippen LogP contribution >= 0.6 is 0 Å². The van der Waals surface area contributed by atoms with Gasteiger partial charge in [0.15, 0.2) is 0 Å². The number of ether oxygens (including phenoxy) is 1. The number of aliphatic carboxylic acids is 1. The van der Waals surface area contributed by atoms with Crippen LogP contribution in [-0.4, -0.2) is 46.7 Å². The molecule has 0 aliphatic rings. The molecule has 0 aromatic carbocycles. The first-order valence-electron chi connectivity index (χ1n) is 2.74. The van der Waals surface area contributed by atoms with Crippen molar-refractivity contribution in [1.29, 1.82) is 0 Å². The number of rotatable bonds is 3. The molecule has 0 aromatic rings. The molecule has 0 aliphatic carbocycles. The normalized spacial score (nSPS) is 8.82. The Bertz CT molecular complexity index is 172. The van der Waals surface area contributed by atoms with Crippen LogP contribution in [-0.2, 0) is 14.3 Å². The maximum Gasteiger partial charge on any atom is 2.00 e. The van der Waals surface area contributed by atoms with Crippen LogP contribution in [0.25, 0.3) is 0 Å². The quantitative estimate of drug-likeness (QED) is 0.369. The summed E-state index contributed by atoms with van der Waals surface area (Å²) in [4.78, 5) is 20.2. The van der Waals surface area contributed by atoms with E-state index in [2.05, 4.69) is 4.74 Å². The van der Waals surface area contributed by atoms with Crippen LogP contribution in [0.4, 0.5) is 0 Å². The molecule has 0 heterocycles. The fourth-order valence-corrected chi connectivity index (χ4v) is 0.330. The first kappa shape index (κ1) is 13.1. The van der Waals surface area contributed by atoms with E-state index in [1.165, 1.54) is 0 Å². The Hall–Kier alpha value is -0.554. The molecule has 1 N–H and O–H groups in total. The molecule has 4 nitrogen and oxygen atoms in total. The maximum atomic E-state index is 10.4. The van der Waals surface area contributed by atoms with E-state index >= 15 is 0 Å². The van der Waals surface area contributed by atoms with Crippen LogP contribution in [0.2, 0.25) is 0 Å². The van der Waals surface area contributed by atoms with Gasteiger partial charge in [0.25, 0.3) is 0 Å². The second-order valence-corrected chi connectivity index (χ2v) is 1.42. The average Bonchev–Trinajstić information content (AvgIpc) is 1.85. The van der Waals surface area contributed by atoms with Crippen molar-refractivity contribution in [1.82, 2.24) is 0 Å². The molecular formula is C6H10MgO4. The van der Waals surface area contributed by atoms with Crippen LogP contribution in [0.1, 0.15) is 9.78 Å².